The van der Waals surface area contributed by atoms with Gasteiger partial charge in [0.05, 0.1) is 0 Å². The molecule has 48 valence electrons. The first-order valence-electron chi connectivity index (χ1n) is 2.93. The molecule has 0 aromatic rings. The average molecular weight is 131 g/mol. The molecule has 0 aliphatic rings. The van der Waals surface area contributed by atoms with Gasteiger partial charge in [0.15, 0.2) is 0 Å². The van der Waals surface area contributed by atoms with E-state index >= 15 is 0 Å². The fraction of sp³-hybridized carbons (Fsp3) is 0.833. The van der Waals surface area contributed by atoms with Crippen molar-refractivity contribution in [1.82, 2.24) is 0 Å². The van der Waals surface area contributed by atoms with Crippen LogP contribution in [0.4, 0.5) is 0 Å². The molecular formula is C6H14NP. The summed E-state index contributed by atoms with van der Waals surface area (Å²) in [5, 5.41) is 8.20. The van der Waals surface area contributed by atoms with Crippen LogP contribution in [0.3, 0.4) is 0 Å². The van der Waals surface area contributed by atoms with Crippen molar-refractivity contribution >= 4 is 7.26 Å². The summed E-state index contributed by atoms with van der Waals surface area (Å²) < 4.78 is 0. The van der Waals surface area contributed by atoms with Crippen molar-refractivity contribution in [2.75, 3.05) is 26.2 Å². The predicted octanol–water partition coefficient (Wildman–Crippen LogP) is 1.54. The minimum absolute atomic E-state index is 0.746. The Labute approximate surface area is 52.0 Å². The molecule has 0 aliphatic heterocycles. The fourth-order valence-electron chi connectivity index (χ4n) is 0.431. The molecule has 0 N–H and O–H groups in total. The zero-order valence-electron chi connectivity index (χ0n) is 5.86. The monoisotopic (exact) mass is 131 g/mol. The first-order valence-corrected chi connectivity index (χ1v) is 6.64. The Bertz CT molecular complexity index is 96.1. The SMILES string of the molecule is C[PH](C)(C)CCC#N. The second-order valence-electron chi connectivity index (χ2n) is 3.22. The fourth-order valence-corrected chi connectivity index (χ4v) is 1.29. The first-order chi connectivity index (χ1) is 3.56. The van der Waals surface area contributed by atoms with Crippen LogP contribution >= 0.6 is 7.26 Å². The Kier molecular flexibility index (Phi) is 3.02. The molecule has 0 fully saturated rings. The van der Waals surface area contributed by atoms with E-state index in [1.165, 1.54) is 0 Å². The van der Waals surface area contributed by atoms with Gasteiger partial charge in [-0.1, -0.05) is 0 Å². The second kappa shape index (κ2) is 3.05. The molecule has 2 heteroatoms. The third-order valence-corrected chi connectivity index (χ3v) is 2.74. The van der Waals surface area contributed by atoms with Gasteiger partial charge in [-0.2, -0.15) is 0 Å². The molecule has 0 spiro atoms. The van der Waals surface area contributed by atoms with E-state index in [1.807, 2.05) is 0 Å². The van der Waals surface area contributed by atoms with Crippen molar-refractivity contribution < 1.29 is 0 Å². The van der Waals surface area contributed by atoms with Gasteiger partial charge in [0, 0.05) is 0 Å². The molecule has 0 saturated heterocycles. The summed E-state index contributed by atoms with van der Waals surface area (Å²) in [6.45, 7) is 6.85. The Hall–Kier alpha value is -0.0800. The van der Waals surface area contributed by atoms with Crippen LogP contribution in [0.2, 0.25) is 0 Å². The quantitative estimate of drug-likeness (QED) is 0.521. The van der Waals surface area contributed by atoms with E-state index in [0.717, 1.165) is 12.6 Å². The zero-order valence-corrected chi connectivity index (χ0v) is 6.86. The van der Waals surface area contributed by atoms with E-state index in [0.29, 0.717) is 0 Å². The molecular weight excluding hydrogens is 117 g/mol. The van der Waals surface area contributed by atoms with Crippen LogP contribution in [0, 0.1) is 11.3 Å². The molecule has 0 radical (unpaired) electrons. The van der Waals surface area contributed by atoms with Gasteiger partial charge in [0.25, 0.3) is 0 Å². The summed E-state index contributed by atoms with van der Waals surface area (Å²) in [7, 11) is -0.901. The Morgan fingerprint density at radius 2 is 1.88 bits per heavy atom. The van der Waals surface area contributed by atoms with Crippen molar-refractivity contribution in [2.45, 2.75) is 6.42 Å². The minimum atomic E-state index is -0.901. The molecule has 0 aliphatic carbocycles. The third-order valence-electron chi connectivity index (χ3n) is 0.987. The number of nitriles is 1. The van der Waals surface area contributed by atoms with Crippen molar-refractivity contribution in [3.8, 4) is 6.07 Å². The van der Waals surface area contributed by atoms with E-state index in [1.54, 1.807) is 0 Å². The van der Waals surface area contributed by atoms with Crippen molar-refractivity contribution in [3.63, 3.8) is 0 Å². The van der Waals surface area contributed by atoms with Gasteiger partial charge in [-0.3, -0.25) is 0 Å². The Morgan fingerprint density at radius 1 is 1.38 bits per heavy atom. The number of nitrogens with zero attached hydrogens (tertiary/aromatic N) is 1. The summed E-state index contributed by atoms with van der Waals surface area (Å²) in [5.74, 6) is 0. The molecule has 1 nitrogen and oxygen atoms in total. The molecule has 0 bridgehead atoms. The van der Waals surface area contributed by atoms with Gasteiger partial charge >= 0.3 is 51.2 Å². The van der Waals surface area contributed by atoms with Gasteiger partial charge in [-0.05, 0) is 0 Å². The predicted molar refractivity (Wildman–Crippen MR) is 41.2 cm³/mol. The summed E-state index contributed by atoms with van der Waals surface area (Å²) in [6.07, 6.45) is 1.89. The van der Waals surface area contributed by atoms with Crippen molar-refractivity contribution in [2.24, 2.45) is 0 Å². The topological polar surface area (TPSA) is 23.8 Å². The molecule has 8 heavy (non-hydrogen) atoms. The standard InChI is InChI=1S/C6H14NP/c1-8(2,3)6-4-5-7/h8H,4,6H2,1-3H3. The molecule has 0 heterocycles. The van der Waals surface area contributed by atoms with Crippen LogP contribution in [0.5, 0.6) is 0 Å². The third kappa shape index (κ3) is 5.92. The molecule has 0 rings (SSSR count). The maximum absolute atomic E-state index is 8.20. The van der Waals surface area contributed by atoms with E-state index < -0.39 is 7.26 Å². The van der Waals surface area contributed by atoms with Gasteiger partial charge in [-0.25, -0.2) is 0 Å². The molecule has 0 aromatic heterocycles. The first kappa shape index (κ1) is 7.92. The second-order valence-corrected chi connectivity index (χ2v) is 8.84. The Balaban J connectivity index is 3.28. The van der Waals surface area contributed by atoms with Gasteiger partial charge < -0.3 is 0 Å². The van der Waals surface area contributed by atoms with Crippen LogP contribution in [0.15, 0.2) is 0 Å². The summed E-state index contributed by atoms with van der Waals surface area (Å²) in [6, 6.07) is 2.16. The van der Waals surface area contributed by atoms with E-state index in [9.17, 15) is 0 Å². The van der Waals surface area contributed by atoms with Crippen LogP contribution in [-0.2, 0) is 0 Å². The Morgan fingerprint density at radius 3 is 2.00 bits per heavy atom. The van der Waals surface area contributed by atoms with Crippen LogP contribution < -0.4 is 0 Å². The molecule has 0 unspecified atom stereocenters. The van der Waals surface area contributed by atoms with Gasteiger partial charge in [0.2, 0.25) is 0 Å². The van der Waals surface area contributed by atoms with E-state index in [-0.39, 0.29) is 0 Å². The molecule has 0 amide bonds. The molecule has 0 saturated carbocycles. The average Bonchev–Trinajstić information content (AvgIpc) is 1.59. The zero-order chi connectivity index (χ0) is 6.62. The summed E-state index contributed by atoms with van der Waals surface area (Å²) in [5.41, 5.74) is 0. The number of hydrogen-bond donors (Lipinski definition) is 0. The molecule has 0 atom stereocenters. The van der Waals surface area contributed by atoms with Crippen LogP contribution in [-0.4, -0.2) is 26.2 Å². The number of hydrogen-bond acceptors (Lipinski definition) is 1. The normalized spacial score (nSPS) is 12.8. The van der Waals surface area contributed by atoms with Crippen LogP contribution in [0.1, 0.15) is 6.42 Å². The van der Waals surface area contributed by atoms with Crippen molar-refractivity contribution in [1.29, 1.82) is 5.26 Å². The van der Waals surface area contributed by atoms with Gasteiger partial charge in [-0.15, -0.1) is 0 Å². The van der Waals surface area contributed by atoms with Crippen LogP contribution in [0.25, 0.3) is 0 Å². The van der Waals surface area contributed by atoms with Crippen molar-refractivity contribution in [3.05, 3.63) is 0 Å². The van der Waals surface area contributed by atoms with E-state index in [4.69, 9.17) is 5.26 Å². The maximum atomic E-state index is 8.20. The van der Waals surface area contributed by atoms with E-state index in [2.05, 4.69) is 26.1 Å². The molecule has 0 aromatic carbocycles. The number of rotatable bonds is 2. The summed E-state index contributed by atoms with van der Waals surface area (Å²) in [4.78, 5) is 0. The summed E-state index contributed by atoms with van der Waals surface area (Å²) >= 11 is 0. The van der Waals surface area contributed by atoms with Gasteiger partial charge in [0.1, 0.15) is 0 Å².